The summed E-state index contributed by atoms with van der Waals surface area (Å²) in [7, 11) is 0. The van der Waals surface area contributed by atoms with E-state index in [4.69, 9.17) is 5.11 Å². The molecule has 92 valence electrons. The number of aromatic nitrogens is 1. The fourth-order valence-electron chi connectivity index (χ4n) is 1.55. The number of amides is 1. The van der Waals surface area contributed by atoms with Crippen LogP contribution in [0.15, 0.2) is 42.6 Å². The van der Waals surface area contributed by atoms with Crippen LogP contribution in [0.4, 0.5) is 16.3 Å². The van der Waals surface area contributed by atoms with Crippen LogP contribution in [-0.2, 0) is 0 Å². The summed E-state index contributed by atoms with van der Waals surface area (Å²) in [6.45, 7) is 0. The molecular weight excluding hydrogens is 238 g/mol. The first-order chi connectivity index (χ1) is 8.58. The molecule has 7 heteroatoms. The maximum Gasteiger partial charge on any atom is 0.410 e. The summed E-state index contributed by atoms with van der Waals surface area (Å²) >= 11 is 0. The summed E-state index contributed by atoms with van der Waals surface area (Å²) in [4.78, 5) is 20.6. The Morgan fingerprint density at radius 2 is 1.94 bits per heavy atom. The highest BCUT2D eigenvalue weighted by Crippen LogP contribution is 2.19. The van der Waals surface area contributed by atoms with Crippen molar-refractivity contribution >= 4 is 17.6 Å². The summed E-state index contributed by atoms with van der Waals surface area (Å²) in [5, 5.41) is 21.4. The number of non-ortho nitro benzene ring substituents is 1. The first kappa shape index (κ1) is 11.6. The summed E-state index contributed by atoms with van der Waals surface area (Å²) < 4.78 is 1.58. The molecule has 0 atom stereocenters. The molecule has 0 saturated heterocycles. The highest BCUT2D eigenvalue weighted by atomic mass is 16.6. The van der Waals surface area contributed by atoms with E-state index in [1.54, 1.807) is 35.0 Å². The van der Waals surface area contributed by atoms with Gasteiger partial charge in [0.15, 0.2) is 0 Å². The number of rotatable bonds is 3. The van der Waals surface area contributed by atoms with Gasteiger partial charge in [0.25, 0.3) is 5.69 Å². The Labute approximate surface area is 101 Å². The largest absolute Gasteiger partial charge is 0.465 e. The molecule has 0 unspecified atom stereocenters. The Bertz CT molecular complexity index is 589. The molecule has 1 heterocycles. The molecular formula is C11H9N3O4. The lowest BCUT2D eigenvalue weighted by molar-refractivity contribution is -0.384. The minimum absolute atomic E-state index is 0.0151. The van der Waals surface area contributed by atoms with Crippen molar-refractivity contribution in [3.8, 4) is 5.69 Å². The van der Waals surface area contributed by atoms with E-state index in [1.807, 2.05) is 0 Å². The van der Waals surface area contributed by atoms with E-state index in [9.17, 15) is 14.9 Å². The molecule has 0 radical (unpaired) electrons. The molecule has 2 rings (SSSR count). The fraction of sp³-hybridized carbons (Fsp3) is 0. The van der Waals surface area contributed by atoms with E-state index >= 15 is 0 Å². The van der Waals surface area contributed by atoms with Crippen LogP contribution in [0.25, 0.3) is 5.69 Å². The molecule has 18 heavy (non-hydrogen) atoms. The Balaban J connectivity index is 2.34. The van der Waals surface area contributed by atoms with Crippen LogP contribution in [0.3, 0.4) is 0 Å². The van der Waals surface area contributed by atoms with Crippen LogP contribution in [0.5, 0.6) is 0 Å². The SMILES string of the molecule is O=C(O)Nc1cccn1-c1ccc([N+](=O)[O-])cc1. The molecule has 0 aliphatic rings. The van der Waals surface area contributed by atoms with Gasteiger partial charge in [0.05, 0.1) is 4.92 Å². The fourth-order valence-corrected chi connectivity index (χ4v) is 1.55. The van der Waals surface area contributed by atoms with Crippen LogP contribution in [0.1, 0.15) is 0 Å². The second-order valence-electron chi connectivity index (χ2n) is 3.47. The topological polar surface area (TPSA) is 97.4 Å². The average molecular weight is 247 g/mol. The Morgan fingerprint density at radius 3 is 2.50 bits per heavy atom. The van der Waals surface area contributed by atoms with Crippen LogP contribution in [-0.4, -0.2) is 20.7 Å². The van der Waals surface area contributed by atoms with Crippen molar-refractivity contribution in [1.29, 1.82) is 0 Å². The minimum Gasteiger partial charge on any atom is -0.465 e. The van der Waals surface area contributed by atoms with Crippen LogP contribution >= 0.6 is 0 Å². The maximum atomic E-state index is 10.6. The minimum atomic E-state index is -1.17. The molecule has 2 aromatic rings. The lowest BCUT2D eigenvalue weighted by Crippen LogP contribution is -2.10. The van der Waals surface area contributed by atoms with E-state index in [2.05, 4.69) is 5.32 Å². The Morgan fingerprint density at radius 1 is 1.28 bits per heavy atom. The zero-order valence-corrected chi connectivity index (χ0v) is 9.11. The number of nitro benzene ring substituents is 1. The number of hydrogen-bond donors (Lipinski definition) is 2. The third kappa shape index (κ3) is 2.29. The van der Waals surface area contributed by atoms with Crippen LogP contribution in [0, 0.1) is 10.1 Å². The van der Waals surface area contributed by atoms with Gasteiger partial charge in [-0.15, -0.1) is 0 Å². The van der Waals surface area contributed by atoms with Gasteiger partial charge in [-0.2, -0.15) is 0 Å². The molecule has 2 N–H and O–H groups in total. The van der Waals surface area contributed by atoms with E-state index < -0.39 is 11.0 Å². The maximum absolute atomic E-state index is 10.6. The summed E-state index contributed by atoms with van der Waals surface area (Å²) in [5.41, 5.74) is 0.619. The van der Waals surface area contributed by atoms with Crippen LogP contribution in [0.2, 0.25) is 0 Å². The molecule has 0 bridgehead atoms. The van der Waals surface area contributed by atoms with Crippen molar-refractivity contribution in [1.82, 2.24) is 4.57 Å². The number of benzene rings is 1. The van der Waals surface area contributed by atoms with Crippen molar-refractivity contribution in [2.24, 2.45) is 0 Å². The zero-order valence-electron chi connectivity index (χ0n) is 9.11. The third-order valence-electron chi connectivity index (χ3n) is 2.32. The molecule has 1 amide bonds. The second kappa shape index (κ2) is 4.58. The zero-order chi connectivity index (χ0) is 13.1. The first-order valence-corrected chi connectivity index (χ1v) is 5.00. The van der Waals surface area contributed by atoms with Crippen molar-refractivity contribution in [2.75, 3.05) is 5.32 Å². The number of carbonyl (C=O) groups is 1. The van der Waals surface area contributed by atoms with E-state index in [0.29, 0.717) is 11.5 Å². The van der Waals surface area contributed by atoms with Crippen LogP contribution < -0.4 is 5.32 Å². The van der Waals surface area contributed by atoms with E-state index in [1.165, 1.54) is 12.1 Å². The smallest absolute Gasteiger partial charge is 0.410 e. The Kier molecular flexibility index (Phi) is 2.96. The normalized spacial score (nSPS) is 10.0. The summed E-state index contributed by atoms with van der Waals surface area (Å²) in [6.07, 6.45) is 0.490. The van der Waals surface area contributed by atoms with Gasteiger partial charge >= 0.3 is 6.09 Å². The van der Waals surface area contributed by atoms with Gasteiger partial charge in [-0.1, -0.05) is 0 Å². The third-order valence-corrected chi connectivity index (χ3v) is 2.32. The van der Waals surface area contributed by atoms with Gasteiger partial charge in [0, 0.05) is 24.0 Å². The molecule has 1 aromatic carbocycles. The van der Waals surface area contributed by atoms with Crippen molar-refractivity contribution < 1.29 is 14.8 Å². The second-order valence-corrected chi connectivity index (χ2v) is 3.47. The summed E-state index contributed by atoms with van der Waals surface area (Å²) in [5.74, 6) is 0.372. The highest BCUT2D eigenvalue weighted by Gasteiger charge is 2.08. The number of nitrogens with one attached hydrogen (secondary N) is 1. The van der Waals surface area contributed by atoms with Crippen molar-refractivity contribution in [3.05, 3.63) is 52.7 Å². The standard InChI is InChI=1S/C11H9N3O4/c15-11(16)12-10-2-1-7-13(10)8-3-5-9(6-4-8)14(17)18/h1-7,12H,(H,15,16). The summed E-state index contributed by atoms with van der Waals surface area (Å²) in [6, 6.07) is 9.08. The van der Waals surface area contributed by atoms with E-state index in [0.717, 1.165) is 0 Å². The number of nitro groups is 1. The average Bonchev–Trinajstić information content (AvgIpc) is 2.76. The molecule has 0 fully saturated rings. The van der Waals surface area contributed by atoms with Gasteiger partial charge in [-0.25, -0.2) is 4.79 Å². The molecule has 0 aliphatic heterocycles. The molecule has 1 aromatic heterocycles. The molecule has 0 spiro atoms. The lowest BCUT2D eigenvalue weighted by atomic mass is 10.3. The van der Waals surface area contributed by atoms with Gasteiger partial charge < -0.3 is 9.67 Å². The number of hydrogen-bond acceptors (Lipinski definition) is 3. The van der Waals surface area contributed by atoms with Gasteiger partial charge in [-0.05, 0) is 24.3 Å². The molecule has 0 aliphatic carbocycles. The quantitative estimate of drug-likeness (QED) is 0.643. The molecule has 7 nitrogen and oxygen atoms in total. The lowest BCUT2D eigenvalue weighted by Gasteiger charge is -2.08. The number of anilines is 1. The van der Waals surface area contributed by atoms with Gasteiger partial charge in [0.2, 0.25) is 0 Å². The highest BCUT2D eigenvalue weighted by molar-refractivity contribution is 5.82. The number of nitrogens with zero attached hydrogens (tertiary/aromatic N) is 2. The predicted octanol–water partition coefficient (Wildman–Crippen LogP) is 2.48. The van der Waals surface area contributed by atoms with Crippen molar-refractivity contribution in [2.45, 2.75) is 0 Å². The predicted molar refractivity (Wildman–Crippen MR) is 64.1 cm³/mol. The van der Waals surface area contributed by atoms with Gasteiger partial charge in [-0.3, -0.25) is 15.4 Å². The first-order valence-electron chi connectivity index (χ1n) is 5.00. The Hall–Kier alpha value is -2.83. The monoisotopic (exact) mass is 247 g/mol. The number of carboxylic acid groups (broad SMARTS) is 1. The van der Waals surface area contributed by atoms with Crippen molar-refractivity contribution in [3.63, 3.8) is 0 Å². The molecule has 0 saturated carbocycles. The van der Waals surface area contributed by atoms with Gasteiger partial charge in [0.1, 0.15) is 5.82 Å². The van der Waals surface area contributed by atoms with E-state index in [-0.39, 0.29) is 5.69 Å².